The maximum atomic E-state index is 11.6. The van der Waals surface area contributed by atoms with E-state index in [0.29, 0.717) is 25.5 Å². The third kappa shape index (κ3) is 3.21. The Labute approximate surface area is 112 Å². The smallest absolute Gasteiger partial charge is 0.409 e. The molecule has 0 spiro atoms. The van der Waals surface area contributed by atoms with E-state index in [0.717, 1.165) is 18.8 Å². The first-order valence-corrected chi connectivity index (χ1v) is 6.35. The molecule has 6 heteroatoms. The van der Waals surface area contributed by atoms with Crippen LogP contribution in [0.2, 0.25) is 0 Å². The SMILES string of the molecule is C=Cc1ncc(N2CCN(C(=O)OCC)CC2)cn1. The zero-order valence-corrected chi connectivity index (χ0v) is 11.1. The normalized spacial score (nSPS) is 15.2. The molecule has 0 radical (unpaired) electrons. The monoisotopic (exact) mass is 262 g/mol. The van der Waals surface area contributed by atoms with Crippen molar-refractivity contribution in [1.82, 2.24) is 14.9 Å². The molecule has 1 aliphatic rings. The van der Waals surface area contributed by atoms with Crippen molar-refractivity contribution >= 4 is 17.9 Å². The molecular weight excluding hydrogens is 244 g/mol. The van der Waals surface area contributed by atoms with E-state index in [-0.39, 0.29) is 6.09 Å². The van der Waals surface area contributed by atoms with Gasteiger partial charge < -0.3 is 14.5 Å². The van der Waals surface area contributed by atoms with Gasteiger partial charge in [0.25, 0.3) is 0 Å². The zero-order chi connectivity index (χ0) is 13.7. The van der Waals surface area contributed by atoms with Gasteiger partial charge in [-0.25, -0.2) is 14.8 Å². The third-order valence-electron chi connectivity index (χ3n) is 3.01. The van der Waals surface area contributed by atoms with Crippen molar-refractivity contribution in [2.24, 2.45) is 0 Å². The Morgan fingerprint density at radius 2 is 2.00 bits per heavy atom. The van der Waals surface area contributed by atoms with Gasteiger partial charge in [0.15, 0.2) is 5.82 Å². The minimum Gasteiger partial charge on any atom is -0.450 e. The fourth-order valence-electron chi connectivity index (χ4n) is 1.96. The Hall–Kier alpha value is -2.11. The molecule has 0 atom stereocenters. The fraction of sp³-hybridized carbons (Fsp3) is 0.462. The summed E-state index contributed by atoms with van der Waals surface area (Å²) in [5, 5.41) is 0. The Kier molecular flexibility index (Phi) is 4.33. The second kappa shape index (κ2) is 6.17. The molecule has 2 heterocycles. The summed E-state index contributed by atoms with van der Waals surface area (Å²) in [4.78, 5) is 23.8. The van der Waals surface area contributed by atoms with Crippen molar-refractivity contribution in [3.05, 3.63) is 24.8 Å². The number of aromatic nitrogens is 2. The van der Waals surface area contributed by atoms with Gasteiger partial charge in [-0.3, -0.25) is 0 Å². The molecule has 0 N–H and O–H groups in total. The number of anilines is 1. The van der Waals surface area contributed by atoms with Gasteiger partial charge in [0.1, 0.15) is 0 Å². The van der Waals surface area contributed by atoms with Crippen LogP contribution >= 0.6 is 0 Å². The van der Waals surface area contributed by atoms with E-state index in [1.807, 2.05) is 6.92 Å². The van der Waals surface area contributed by atoms with Crippen molar-refractivity contribution in [3.8, 4) is 0 Å². The summed E-state index contributed by atoms with van der Waals surface area (Å²) in [6.45, 7) is 8.68. The molecule has 0 unspecified atom stereocenters. The highest BCUT2D eigenvalue weighted by Crippen LogP contribution is 2.14. The van der Waals surface area contributed by atoms with E-state index in [2.05, 4.69) is 21.4 Å². The summed E-state index contributed by atoms with van der Waals surface area (Å²) < 4.78 is 4.99. The lowest BCUT2D eigenvalue weighted by Gasteiger charge is -2.35. The standard InChI is InChI=1S/C13H18N4O2/c1-3-12-14-9-11(10-15-12)16-5-7-17(8-6-16)13(18)19-4-2/h3,9-10H,1,4-8H2,2H3. The van der Waals surface area contributed by atoms with Crippen LogP contribution in [0.1, 0.15) is 12.7 Å². The Balaban J connectivity index is 1.91. The number of piperazine rings is 1. The maximum absolute atomic E-state index is 11.6. The second-order valence-corrected chi connectivity index (χ2v) is 4.18. The molecule has 19 heavy (non-hydrogen) atoms. The van der Waals surface area contributed by atoms with Crippen molar-refractivity contribution < 1.29 is 9.53 Å². The molecule has 0 saturated carbocycles. The number of carbonyl (C=O) groups is 1. The van der Waals surface area contributed by atoms with Crippen LogP contribution in [0.5, 0.6) is 0 Å². The first-order valence-electron chi connectivity index (χ1n) is 6.35. The molecule has 2 rings (SSSR count). The third-order valence-corrected chi connectivity index (χ3v) is 3.01. The number of hydrogen-bond acceptors (Lipinski definition) is 5. The highest BCUT2D eigenvalue weighted by molar-refractivity contribution is 5.68. The lowest BCUT2D eigenvalue weighted by molar-refractivity contribution is 0.105. The topological polar surface area (TPSA) is 58.6 Å². The van der Waals surface area contributed by atoms with Gasteiger partial charge in [-0.05, 0) is 13.0 Å². The number of hydrogen-bond donors (Lipinski definition) is 0. The van der Waals surface area contributed by atoms with E-state index < -0.39 is 0 Å². The summed E-state index contributed by atoms with van der Waals surface area (Å²) in [5.74, 6) is 0.619. The van der Waals surface area contributed by atoms with E-state index in [1.54, 1.807) is 23.4 Å². The maximum Gasteiger partial charge on any atom is 0.409 e. The Morgan fingerprint density at radius 1 is 1.37 bits per heavy atom. The van der Waals surface area contributed by atoms with Crippen LogP contribution in [0.4, 0.5) is 10.5 Å². The van der Waals surface area contributed by atoms with Crippen molar-refractivity contribution in [1.29, 1.82) is 0 Å². The summed E-state index contributed by atoms with van der Waals surface area (Å²) in [6, 6.07) is 0. The highest BCUT2D eigenvalue weighted by atomic mass is 16.6. The van der Waals surface area contributed by atoms with Crippen LogP contribution < -0.4 is 4.90 Å². The van der Waals surface area contributed by atoms with Gasteiger partial charge in [0, 0.05) is 26.2 Å². The largest absolute Gasteiger partial charge is 0.450 e. The molecule has 1 aromatic rings. The van der Waals surface area contributed by atoms with E-state index in [1.165, 1.54) is 0 Å². The van der Waals surface area contributed by atoms with Gasteiger partial charge >= 0.3 is 6.09 Å². The summed E-state index contributed by atoms with van der Waals surface area (Å²) in [7, 11) is 0. The van der Waals surface area contributed by atoms with Gasteiger partial charge in [-0.15, -0.1) is 0 Å². The Morgan fingerprint density at radius 3 is 2.53 bits per heavy atom. The van der Waals surface area contributed by atoms with Gasteiger partial charge in [0.2, 0.25) is 0 Å². The first kappa shape index (κ1) is 13.3. The number of nitrogens with zero attached hydrogens (tertiary/aromatic N) is 4. The molecule has 1 fully saturated rings. The molecule has 1 saturated heterocycles. The zero-order valence-electron chi connectivity index (χ0n) is 11.1. The highest BCUT2D eigenvalue weighted by Gasteiger charge is 2.22. The van der Waals surface area contributed by atoms with Gasteiger partial charge in [-0.1, -0.05) is 6.58 Å². The van der Waals surface area contributed by atoms with E-state index >= 15 is 0 Å². The fourth-order valence-corrected chi connectivity index (χ4v) is 1.96. The molecule has 6 nitrogen and oxygen atoms in total. The molecule has 1 aromatic heterocycles. The number of carbonyl (C=O) groups excluding carboxylic acids is 1. The lowest BCUT2D eigenvalue weighted by atomic mass is 10.3. The van der Waals surface area contributed by atoms with Crippen LogP contribution in [0, 0.1) is 0 Å². The van der Waals surface area contributed by atoms with E-state index in [9.17, 15) is 4.79 Å². The van der Waals surface area contributed by atoms with Crippen LogP contribution in [-0.2, 0) is 4.74 Å². The van der Waals surface area contributed by atoms with Crippen molar-refractivity contribution in [2.45, 2.75) is 6.92 Å². The summed E-state index contributed by atoms with van der Waals surface area (Å²) in [6.07, 6.45) is 4.94. The molecule has 0 bridgehead atoms. The minimum absolute atomic E-state index is 0.236. The number of ether oxygens (including phenoxy) is 1. The number of rotatable bonds is 3. The quantitative estimate of drug-likeness (QED) is 0.824. The predicted molar refractivity (Wildman–Crippen MR) is 72.9 cm³/mol. The van der Waals surface area contributed by atoms with Gasteiger partial charge in [-0.2, -0.15) is 0 Å². The second-order valence-electron chi connectivity index (χ2n) is 4.18. The van der Waals surface area contributed by atoms with Crippen molar-refractivity contribution in [2.75, 3.05) is 37.7 Å². The average molecular weight is 262 g/mol. The predicted octanol–water partition coefficient (Wildman–Crippen LogP) is 1.40. The Bertz CT molecular complexity index is 438. The van der Waals surface area contributed by atoms with Crippen molar-refractivity contribution in [3.63, 3.8) is 0 Å². The van der Waals surface area contributed by atoms with Crippen LogP contribution in [0.15, 0.2) is 19.0 Å². The summed E-state index contributed by atoms with van der Waals surface area (Å²) >= 11 is 0. The average Bonchev–Trinajstić information content (AvgIpc) is 2.48. The molecule has 0 aliphatic carbocycles. The minimum atomic E-state index is -0.236. The van der Waals surface area contributed by atoms with Crippen LogP contribution in [0.25, 0.3) is 6.08 Å². The lowest BCUT2D eigenvalue weighted by Crippen LogP contribution is -2.49. The van der Waals surface area contributed by atoms with Crippen LogP contribution in [-0.4, -0.2) is 53.7 Å². The molecule has 0 aromatic carbocycles. The van der Waals surface area contributed by atoms with Crippen LogP contribution in [0.3, 0.4) is 0 Å². The van der Waals surface area contributed by atoms with Gasteiger partial charge in [0.05, 0.1) is 24.7 Å². The summed E-state index contributed by atoms with van der Waals surface area (Å²) in [5.41, 5.74) is 0.967. The molecular formula is C13H18N4O2. The number of amides is 1. The molecule has 1 aliphatic heterocycles. The van der Waals surface area contributed by atoms with E-state index in [4.69, 9.17) is 4.74 Å². The molecule has 1 amide bonds. The first-order chi connectivity index (χ1) is 9.24. The molecule has 102 valence electrons.